The van der Waals surface area contributed by atoms with Crippen LogP contribution in [0.25, 0.3) is 6.08 Å². The van der Waals surface area contributed by atoms with E-state index in [2.05, 4.69) is 5.32 Å². The third-order valence-corrected chi connectivity index (χ3v) is 3.87. The van der Waals surface area contributed by atoms with E-state index in [1.54, 1.807) is 48.5 Å². The standard InChI is InChI=1S/C20H18N2O4/c1-3-26-16-6-4-5-14(11-16)12-17-18(23)21-20(25)22(19(17)24)15-9-7-13(2)8-10-15/h4-12H,3H2,1-2H3,(H,21,23,25)/b17-12+. The molecule has 3 rings (SSSR count). The molecule has 0 bridgehead atoms. The molecule has 132 valence electrons. The molecule has 1 heterocycles. The number of nitrogens with one attached hydrogen (secondary N) is 1. The number of benzene rings is 2. The molecule has 0 spiro atoms. The van der Waals surface area contributed by atoms with E-state index in [0.717, 1.165) is 10.5 Å². The van der Waals surface area contributed by atoms with E-state index in [-0.39, 0.29) is 5.57 Å². The third-order valence-electron chi connectivity index (χ3n) is 3.87. The van der Waals surface area contributed by atoms with E-state index in [0.29, 0.717) is 23.6 Å². The van der Waals surface area contributed by atoms with Crippen LogP contribution in [-0.4, -0.2) is 24.5 Å². The van der Waals surface area contributed by atoms with E-state index in [1.807, 2.05) is 13.8 Å². The van der Waals surface area contributed by atoms with E-state index >= 15 is 0 Å². The summed E-state index contributed by atoms with van der Waals surface area (Å²) in [6.07, 6.45) is 1.45. The second-order valence-electron chi connectivity index (χ2n) is 5.80. The van der Waals surface area contributed by atoms with E-state index < -0.39 is 17.8 Å². The molecule has 4 amide bonds. The van der Waals surface area contributed by atoms with Gasteiger partial charge < -0.3 is 4.74 Å². The second kappa shape index (κ2) is 7.23. The van der Waals surface area contributed by atoms with Gasteiger partial charge in [-0.05, 0) is 49.8 Å². The molecule has 0 unspecified atom stereocenters. The third kappa shape index (κ3) is 3.49. The van der Waals surface area contributed by atoms with Crippen LogP contribution >= 0.6 is 0 Å². The lowest BCUT2D eigenvalue weighted by molar-refractivity contribution is -0.122. The Kier molecular flexibility index (Phi) is 4.84. The van der Waals surface area contributed by atoms with Gasteiger partial charge in [0.05, 0.1) is 12.3 Å². The van der Waals surface area contributed by atoms with Crippen LogP contribution < -0.4 is 15.0 Å². The quantitative estimate of drug-likeness (QED) is 0.679. The molecule has 1 aliphatic rings. The molecule has 2 aromatic rings. The number of carbonyl (C=O) groups excluding carboxylic acids is 3. The molecule has 0 atom stereocenters. The molecule has 1 aliphatic heterocycles. The molecule has 26 heavy (non-hydrogen) atoms. The first-order chi connectivity index (χ1) is 12.5. The maximum atomic E-state index is 12.8. The molecule has 0 saturated carbocycles. The summed E-state index contributed by atoms with van der Waals surface area (Å²) in [7, 11) is 0. The molecule has 0 radical (unpaired) electrons. The van der Waals surface area contributed by atoms with Crippen molar-refractivity contribution in [2.24, 2.45) is 0 Å². The lowest BCUT2D eigenvalue weighted by atomic mass is 10.1. The zero-order chi connectivity index (χ0) is 18.7. The smallest absolute Gasteiger partial charge is 0.335 e. The van der Waals surface area contributed by atoms with E-state index in [1.165, 1.54) is 6.08 Å². The summed E-state index contributed by atoms with van der Waals surface area (Å²) in [5.41, 5.74) is 1.92. The first-order valence-electron chi connectivity index (χ1n) is 8.20. The van der Waals surface area contributed by atoms with Gasteiger partial charge in [0.25, 0.3) is 11.8 Å². The Hall–Kier alpha value is -3.41. The predicted molar refractivity (Wildman–Crippen MR) is 97.8 cm³/mol. The van der Waals surface area contributed by atoms with Crippen molar-refractivity contribution in [1.29, 1.82) is 0 Å². The van der Waals surface area contributed by atoms with Crippen LogP contribution in [0.2, 0.25) is 0 Å². The fourth-order valence-corrected chi connectivity index (χ4v) is 2.61. The summed E-state index contributed by atoms with van der Waals surface area (Å²) >= 11 is 0. The van der Waals surface area contributed by atoms with Crippen LogP contribution in [0.1, 0.15) is 18.1 Å². The van der Waals surface area contributed by atoms with Gasteiger partial charge in [-0.15, -0.1) is 0 Å². The Labute approximate surface area is 151 Å². The van der Waals surface area contributed by atoms with E-state index in [4.69, 9.17) is 4.74 Å². The Bertz CT molecular complexity index is 900. The summed E-state index contributed by atoms with van der Waals surface area (Å²) in [6, 6.07) is 13.2. The fourth-order valence-electron chi connectivity index (χ4n) is 2.61. The van der Waals surface area contributed by atoms with Crippen molar-refractivity contribution in [3.63, 3.8) is 0 Å². The van der Waals surface area contributed by atoms with Crippen molar-refractivity contribution in [1.82, 2.24) is 5.32 Å². The van der Waals surface area contributed by atoms with E-state index in [9.17, 15) is 14.4 Å². The number of rotatable bonds is 4. The average Bonchev–Trinajstić information content (AvgIpc) is 2.61. The first-order valence-corrected chi connectivity index (χ1v) is 8.20. The number of carbonyl (C=O) groups is 3. The van der Waals surface area contributed by atoms with Crippen LogP contribution in [0.4, 0.5) is 10.5 Å². The molecular weight excluding hydrogens is 332 g/mol. The summed E-state index contributed by atoms with van der Waals surface area (Å²) in [4.78, 5) is 38.1. The van der Waals surface area contributed by atoms with Gasteiger partial charge in [-0.1, -0.05) is 29.8 Å². The molecular formula is C20H18N2O4. The normalized spacial score (nSPS) is 16.0. The minimum atomic E-state index is -0.760. The zero-order valence-corrected chi connectivity index (χ0v) is 14.5. The fraction of sp³-hybridized carbons (Fsp3) is 0.150. The zero-order valence-electron chi connectivity index (χ0n) is 14.5. The minimum Gasteiger partial charge on any atom is -0.494 e. The van der Waals surface area contributed by atoms with Crippen molar-refractivity contribution >= 4 is 29.6 Å². The SMILES string of the molecule is CCOc1cccc(/C=C2\C(=O)NC(=O)N(c3ccc(C)cc3)C2=O)c1. The number of amides is 4. The van der Waals surface area contributed by atoms with Crippen molar-refractivity contribution in [2.75, 3.05) is 11.5 Å². The van der Waals surface area contributed by atoms with Gasteiger partial charge in [-0.2, -0.15) is 0 Å². The molecule has 6 nitrogen and oxygen atoms in total. The first kappa shape index (κ1) is 17.4. The number of ether oxygens (including phenoxy) is 1. The van der Waals surface area contributed by atoms with Gasteiger partial charge in [0, 0.05) is 0 Å². The van der Waals surface area contributed by atoms with Crippen LogP contribution in [0.15, 0.2) is 54.1 Å². The molecule has 0 aromatic heterocycles. The lowest BCUT2D eigenvalue weighted by Crippen LogP contribution is -2.54. The number of urea groups is 1. The maximum absolute atomic E-state index is 12.8. The molecule has 2 aromatic carbocycles. The lowest BCUT2D eigenvalue weighted by Gasteiger charge is -2.26. The molecule has 0 aliphatic carbocycles. The van der Waals surface area contributed by atoms with Gasteiger partial charge in [-0.3, -0.25) is 14.9 Å². The molecule has 6 heteroatoms. The number of hydrogen-bond donors (Lipinski definition) is 1. The molecule has 1 N–H and O–H groups in total. The highest BCUT2D eigenvalue weighted by molar-refractivity contribution is 6.39. The van der Waals surface area contributed by atoms with Crippen molar-refractivity contribution < 1.29 is 19.1 Å². The minimum absolute atomic E-state index is 0.112. The van der Waals surface area contributed by atoms with Crippen LogP contribution in [-0.2, 0) is 9.59 Å². The van der Waals surface area contributed by atoms with Gasteiger partial charge in [0.1, 0.15) is 11.3 Å². The van der Waals surface area contributed by atoms with Crippen molar-refractivity contribution in [2.45, 2.75) is 13.8 Å². The predicted octanol–water partition coefficient (Wildman–Crippen LogP) is 3.06. The highest BCUT2D eigenvalue weighted by Gasteiger charge is 2.36. The summed E-state index contributed by atoms with van der Waals surface area (Å²) < 4.78 is 5.43. The second-order valence-corrected chi connectivity index (χ2v) is 5.80. The van der Waals surface area contributed by atoms with Gasteiger partial charge in [0.2, 0.25) is 0 Å². The summed E-state index contributed by atoms with van der Waals surface area (Å²) in [6.45, 7) is 4.28. The highest BCUT2D eigenvalue weighted by Crippen LogP contribution is 2.23. The topological polar surface area (TPSA) is 75.7 Å². The Balaban J connectivity index is 1.97. The Morgan fingerprint density at radius 3 is 2.50 bits per heavy atom. The van der Waals surface area contributed by atoms with Crippen molar-refractivity contribution in [3.05, 3.63) is 65.2 Å². The monoisotopic (exact) mass is 350 g/mol. The number of barbiturate groups is 1. The van der Waals surface area contributed by atoms with Crippen molar-refractivity contribution in [3.8, 4) is 5.75 Å². The molecule has 1 fully saturated rings. The van der Waals surface area contributed by atoms with Crippen LogP contribution in [0.5, 0.6) is 5.75 Å². The number of anilines is 1. The number of imide groups is 2. The van der Waals surface area contributed by atoms with Gasteiger partial charge in [0.15, 0.2) is 0 Å². The van der Waals surface area contributed by atoms with Crippen LogP contribution in [0, 0.1) is 6.92 Å². The molecule has 1 saturated heterocycles. The number of hydrogen-bond acceptors (Lipinski definition) is 4. The average molecular weight is 350 g/mol. The summed E-state index contributed by atoms with van der Waals surface area (Å²) in [5.74, 6) is -0.744. The number of nitrogens with zero attached hydrogens (tertiary/aromatic N) is 1. The largest absolute Gasteiger partial charge is 0.494 e. The Morgan fingerprint density at radius 1 is 1.08 bits per heavy atom. The van der Waals surface area contributed by atoms with Crippen LogP contribution in [0.3, 0.4) is 0 Å². The maximum Gasteiger partial charge on any atom is 0.335 e. The summed E-state index contributed by atoms with van der Waals surface area (Å²) in [5, 5.41) is 2.21. The van der Waals surface area contributed by atoms with Gasteiger partial charge in [-0.25, -0.2) is 9.69 Å². The number of aryl methyl sites for hydroxylation is 1. The highest BCUT2D eigenvalue weighted by atomic mass is 16.5. The van der Waals surface area contributed by atoms with Gasteiger partial charge >= 0.3 is 6.03 Å². The Morgan fingerprint density at radius 2 is 1.81 bits per heavy atom.